The Balaban J connectivity index is 1.80. The molecule has 0 aliphatic carbocycles. The Morgan fingerprint density at radius 2 is 2.50 bits per heavy atom. The Hall–Kier alpha value is -0.960. The summed E-state index contributed by atoms with van der Waals surface area (Å²) in [5, 5.41) is 0. The fraction of sp³-hybridized carbons (Fsp3) is 0.692. The number of hydrogen-bond donors (Lipinski definition) is 0. The quantitative estimate of drug-likeness (QED) is 0.664. The first-order valence-corrected chi connectivity index (χ1v) is 6.18. The van der Waals surface area contributed by atoms with Crippen LogP contribution in [0, 0.1) is 5.92 Å². The maximum atomic E-state index is 10.6. The van der Waals surface area contributed by atoms with E-state index in [1.807, 2.05) is 6.20 Å². The first kappa shape index (κ1) is 11.5. The third kappa shape index (κ3) is 2.79. The summed E-state index contributed by atoms with van der Waals surface area (Å²) < 4.78 is 0. The van der Waals surface area contributed by atoms with Crippen LogP contribution in [0.25, 0.3) is 0 Å². The maximum Gasteiger partial charge on any atom is 0.133 e. The van der Waals surface area contributed by atoms with Crippen LogP contribution in [-0.4, -0.2) is 36.0 Å². The fourth-order valence-corrected chi connectivity index (χ4v) is 2.76. The third-order valence-corrected chi connectivity index (χ3v) is 3.53. The number of carbonyl (C=O) groups excluding carboxylic acids is 1. The van der Waals surface area contributed by atoms with E-state index in [-0.39, 0.29) is 0 Å². The van der Waals surface area contributed by atoms with Crippen LogP contribution in [0.1, 0.15) is 32.6 Å². The lowest BCUT2D eigenvalue weighted by atomic mass is 10.0. The normalized spacial score (nSPS) is 29.7. The number of nitrogens with zero attached hydrogens (tertiary/aromatic N) is 2. The third-order valence-electron chi connectivity index (χ3n) is 3.53. The summed E-state index contributed by atoms with van der Waals surface area (Å²) in [6.45, 7) is 3.94. The first-order chi connectivity index (χ1) is 7.79. The molecule has 0 radical (unpaired) electrons. The zero-order chi connectivity index (χ0) is 11.4. The molecule has 2 heterocycles. The minimum Gasteiger partial charge on any atom is -0.302 e. The second-order valence-electron chi connectivity index (χ2n) is 4.94. The van der Waals surface area contributed by atoms with Crippen molar-refractivity contribution in [3.63, 3.8) is 0 Å². The molecule has 2 aliphatic heterocycles. The largest absolute Gasteiger partial charge is 0.302 e. The van der Waals surface area contributed by atoms with Crippen LogP contribution in [-0.2, 0) is 4.79 Å². The Kier molecular flexibility index (Phi) is 3.88. The number of allylic oxidation sites excluding steroid dienone is 1. The van der Waals surface area contributed by atoms with E-state index in [2.05, 4.69) is 22.9 Å². The van der Waals surface area contributed by atoms with Crippen molar-refractivity contribution < 1.29 is 4.79 Å². The van der Waals surface area contributed by atoms with Gasteiger partial charge in [0, 0.05) is 30.9 Å². The van der Waals surface area contributed by atoms with Gasteiger partial charge in [0.05, 0.1) is 6.54 Å². The van der Waals surface area contributed by atoms with Crippen LogP contribution in [0.2, 0.25) is 0 Å². The SMILES string of the molecule is CC1C[C@H](CCC2=NC=CC2)N(CC=O)C1. The van der Waals surface area contributed by atoms with Gasteiger partial charge in [-0.1, -0.05) is 13.0 Å². The van der Waals surface area contributed by atoms with Gasteiger partial charge in [-0.05, 0) is 25.2 Å². The highest BCUT2D eigenvalue weighted by Crippen LogP contribution is 2.26. The van der Waals surface area contributed by atoms with Crippen LogP contribution in [0.5, 0.6) is 0 Å². The molecule has 2 rings (SSSR count). The van der Waals surface area contributed by atoms with Crippen LogP contribution in [0.15, 0.2) is 17.3 Å². The van der Waals surface area contributed by atoms with E-state index < -0.39 is 0 Å². The molecule has 0 amide bonds. The summed E-state index contributed by atoms with van der Waals surface area (Å²) >= 11 is 0. The highest BCUT2D eigenvalue weighted by atomic mass is 16.1. The summed E-state index contributed by atoms with van der Waals surface area (Å²) in [4.78, 5) is 17.3. The minimum atomic E-state index is 0.587. The minimum absolute atomic E-state index is 0.587. The Bertz CT molecular complexity index is 309. The molecule has 0 spiro atoms. The van der Waals surface area contributed by atoms with Gasteiger partial charge in [0.15, 0.2) is 0 Å². The fourth-order valence-electron chi connectivity index (χ4n) is 2.76. The molecule has 1 fully saturated rings. The van der Waals surface area contributed by atoms with Crippen LogP contribution >= 0.6 is 0 Å². The molecule has 3 heteroatoms. The van der Waals surface area contributed by atoms with Gasteiger partial charge in [0.25, 0.3) is 0 Å². The molecule has 2 aliphatic rings. The summed E-state index contributed by atoms with van der Waals surface area (Å²) in [5.41, 5.74) is 1.30. The molecule has 1 saturated heterocycles. The molecule has 0 aromatic heterocycles. The number of rotatable bonds is 5. The summed E-state index contributed by atoms with van der Waals surface area (Å²) in [5.74, 6) is 0.730. The molecule has 0 bridgehead atoms. The van der Waals surface area contributed by atoms with Gasteiger partial charge in [-0.25, -0.2) is 0 Å². The molecule has 16 heavy (non-hydrogen) atoms. The number of carbonyl (C=O) groups is 1. The van der Waals surface area contributed by atoms with E-state index >= 15 is 0 Å². The maximum absolute atomic E-state index is 10.6. The van der Waals surface area contributed by atoms with Crippen molar-refractivity contribution in [2.45, 2.75) is 38.6 Å². The molecule has 0 saturated carbocycles. The molecule has 0 aromatic rings. The van der Waals surface area contributed by atoms with Gasteiger partial charge in [-0.15, -0.1) is 0 Å². The van der Waals surface area contributed by atoms with E-state index in [1.54, 1.807) is 0 Å². The van der Waals surface area contributed by atoms with Crippen molar-refractivity contribution >= 4 is 12.0 Å². The van der Waals surface area contributed by atoms with Crippen molar-refractivity contribution in [1.82, 2.24) is 4.90 Å². The van der Waals surface area contributed by atoms with Crippen LogP contribution in [0.4, 0.5) is 0 Å². The van der Waals surface area contributed by atoms with Crippen molar-refractivity contribution in [3.8, 4) is 0 Å². The van der Waals surface area contributed by atoms with Crippen molar-refractivity contribution in [3.05, 3.63) is 12.3 Å². The molecule has 1 unspecified atom stereocenters. The van der Waals surface area contributed by atoms with E-state index in [9.17, 15) is 4.79 Å². The van der Waals surface area contributed by atoms with Gasteiger partial charge in [0.1, 0.15) is 6.29 Å². The van der Waals surface area contributed by atoms with Crippen LogP contribution < -0.4 is 0 Å². The summed E-state index contributed by atoms with van der Waals surface area (Å²) in [6, 6.07) is 0.587. The topological polar surface area (TPSA) is 32.7 Å². The highest BCUT2D eigenvalue weighted by Gasteiger charge is 2.28. The number of hydrogen-bond acceptors (Lipinski definition) is 3. The van der Waals surface area contributed by atoms with Crippen molar-refractivity contribution in [2.75, 3.05) is 13.1 Å². The zero-order valence-corrected chi connectivity index (χ0v) is 9.93. The molecule has 0 aromatic carbocycles. The lowest BCUT2D eigenvalue weighted by Gasteiger charge is -2.21. The van der Waals surface area contributed by atoms with Crippen molar-refractivity contribution in [2.24, 2.45) is 10.9 Å². The van der Waals surface area contributed by atoms with Gasteiger partial charge < -0.3 is 4.79 Å². The average molecular weight is 220 g/mol. The van der Waals surface area contributed by atoms with Gasteiger partial charge >= 0.3 is 0 Å². The predicted molar refractivity (Wildman–Crippen MR) is 65.6 cm³/mol. The summed E-state index contributed by atoms with van der Waals surface area (Å²) in [7, 11) is 0. The standard InChI is InChI=1S/C13H20N2O/c1-11-9-13(15(10-11)7-8-16)5-4-12-3-2-6-14-12/h2,6,8,11,13H,3-5,7,9-10H2,1H3/t11?,13-/m0/s1. The smallest absolute Gasteiger partial charge is 0.133 e. The molecule has 0 N–H and O–H groups in total. The number of likely N-dealkylation sites (tertiary alicyclic amines) is 1. The summed E-state index contributed by atoms with van der Waals surface area (Å²) in [6.07, 6.45) is 9.52. The Labute approximate surface area is 97.2 Å². The average Bonchev–Trinajstić information content (AvgIpc) is 2.86. The number of aldehydes is 1. The molecular weight excluding hydrogens is 200 g/mol. The number of aliphatic imine (C=N–C) groups is 1. The molecule has 3 nitrogen and oxygen atoms in total. The molecule has 88 valence electrons. The van der Waals surface area contributed by atoms with Crippen LogP contribution in [0.3, 0.4) is 0 Å². The lowest BCUT2D eigenvalue weighted by Crippen LogP contribution is -2.31. The Morgan fingerprint density at radius 3 is 3.19 bits per heavy atom. The van der Waals surface area contributed by atoms with Gasteiger partial charge in [0.2, 0.25) is 0 Å². The highest BCUT2D eigenvalue weighted by molar-refractivity contribution is 5.87. The van der Waals surface area contributed by atoms with E-state index in [0.29, 0.717) is 12.6 Å². The van der Waals surface area contributed by atoms with E-state index in [4.69, 9.17) is 0 Å². The second-order valence-corrected chi connectivity index (χ2v) is 4.94. The Morgan fingerprint density at radius 1 is 1.62 bits per heavy atom. The molecular formula is C13H20N2O. The zero-order valence-electron chi connectivity index (χ0n) is 9.93. The predicted octanol–water partition coefficient (Wildman–Crippen LogP) is 2.03. The van der Waals surface area contributed by atoms with E-state index in [0.717, 1.165) is 38.0 Å². The monoisotopic (exact) mass is 220 g/mol. The van der Waals surface area contributed by atoms with Crippen molar-refractivity contribution in [1.29, 1.82) is 0 Å². The van der Waals surface area contributed by atoms with Gasteiger partial charge in [-0.2, -0.15) is 0 Å². The second kappa shape index (κ2) is 5.39. The lowest BCUT2D eigenvalue weighted by molar-refractivity contribution is -0.109. The van der Waals surface area contributed by atoms with E-state index in [1.165, 1.54) is 12.1 Å². The molecule has 2 atom stereocenters. The van der Waals surface area contributed by atoms with Gasteiger partial charge in [-0.3, -0.25) is 9.89 Å². The first-order valence-electron chi connectivity index (χ1n) is 6.18.